The van der Waals surface area contributed by atoms with Gasteiger partial charge in [0.1, 0.15) is 5.82 Å². The molecule has 2 heterocycles. The van der Waals surface area contributed by atoms with Crippen LogP contribution in [0.2, 0.25) is 0 Å². The number of piperidine rings is 2. The van der Waals surface area contributed by atoms with E-state index in [1.165, 1.54) is 25.3 Å². The zero-order valence-electron chi connectivity index (χ0n) is 12.2. The van der Waals surface area contributed by atoms with Gasteiger partial charge in [0.2, 0.25) is 5.91 Å². The van der Waals surface area contributed by atoms with Crippen LogP contribution in [-0.4, -0.2) is 32.1 Å². The quantitative estimate of drug-likeness (QED) is 0.875. The van der Waals surface area contributed by atoms with E-state index in [1.54, 1.807) is 12.1 Å². The third kappa shape index (κ3) is 2.88. The van der Waals surface area contributed by atoms with Crippen molar-refractivity contribution in [3.05, 3.63) is 29.6 Å². The smallest absolute Gasteiger partial charge is 0.248 e. The van der Waals surface area contributed by atoms with Gasteiger partial charge in [-0.15, -0.1) is 0 Å². The van der Waals surface area contributed by atoms with Crippen LogP contribution in [0.15, 0.2) is 18.2 Å². The molecule has 4 nitrogen and oxygen atoms in total. The highest BCUT2D eigenvalue weighted by atomic mass is 19.1. The number of anilines is 1. The van der Waals surface area contributed by atoms with Gasteiger partial charge >= 0.3 is 0 Å². The van der Waals surface area contributed by atoms with E-state index in [-0.39, 0.29) is 16.8 Å². The van der Waals surface area contributed by atoms with Crippen LogP contribution in [0, 0.1) is 11.2 Å². The second kappa shape index (κ2) is 5.64. The standard InChI is InChI=1S/C16H22FN3O/c17-13-9-12(15(18)21)3-4-14(13)20-8-2-6-16(11-20)5-1-7-19-10-16/h3-4,9,19H,1-2,5-8,10-11H2,(H2,18,21). The van der Waals surface area contributed by atoms with Crippen molar-refractivity contribution in [2.45, 2.75) is 25.7 Å². The van der Waals surface area contributed by atoms with Gasteiger partial charge in [-0.3, -0.25) is 4.79 Å². The first-order valence-corrected chi connectivity index (χ1v) is 7.65. The maximum absolute atomic E-state index is 14.3. The van der Waals surface area contributed by atoms with Crippen molar-refractivity contribution >= 4 is 11.6 Å². The minimum absolute atomic E-state index is 0.224. The number of hydrogen-bond acceptors (Lipinski definition) is 3. The van der Waals surface area contributed by atoms with Crippen molar-refractivity contribution in [3.8, 4) is 0 Å². The number of primary amides is 1. The molecule has 2 saturated heterocycles. The summed E-state index contributed by atoms with van der Waals surface area (Å²) in [6, 6.07) is 4.55. The van der Waals surface area contributed by atoms with E-state index in [0.29, 0.717) is 5.69 Å². The van der Waals surface area contributed by atoms with Gasteiger partial charge in [-0.2, -0.15) is 0 Å². The second-order valence-corrected chi connectivity index (χ2v) is 6.34. The molecule has 2 fully saturated rings. The Bertz CT molecular complexity index is 535. The molecule has 0 aromatic heterocycles. The van der Waals surface area contributed by atoms with Crippen molar-refractivity contribution in [1.82, 2.24) is 5.32 Å². The van der Waals surface area contributed by atoms with Crippen molar-refractivity contribution in [1.29, 1.82) is 0 Å². The molecule has 1 unspecified atom stereocenters. The summed E-state index contributed by atoms with van der Waals surface area (Å²) in [5.74, 6) is -0.945. The summed E-state index contributed by atoms with van der Waals surface area (Å²) in [5, 5.41) is 3.47. The highest BCUT2D eigenvalue weighted by Crippen LogP contribution is 2.38. The van der Waals surface area contributed by atoms with Gasteiger partial charge < -0.3 is 16.0 Å². The molecule has 114 valence electrons. The number of nitrogens with one attached hydrogen (secondary N) is 1. The Morgan fingerprint density at radius 3 is 2.81 bits per heavy atom. The zero-order valence-corrected chi connectivity index (χ0v) is 12.2. The topological polar surface area (TPSA) is 58.4 Å². The molecule has 1 amide bonds. The molecule has 2 aliphatic heterocycles. The first-order valence-electron chi connectivity index (χ1n) is 7.65. The van der Waals surface area contributed by atoms with Crippen molar-refractivity contribution in [3.63, 3.8) is 0 Å². The number of hydrogen-bond donors (Lipinski definition) is 2. The number of carbonyl (C=O) groups excluding carboxylic acids is 1. The third-order valence-corrected chi connectivity index (χ3v) is 4.79. The number of nitrogens with two attached hydrogens (primary N) is 1. The van der Waals surface area contributed by atoms with Gasteiger partial charge in [-0.05, 0) is 50.4 Å². The fraction of sp³-hybridized carbons (Fsp3) is 0.562. The number of rotatable bonds is 2. The fourth-order valence-corrected chi connectivity index (χ4v) is 3.71. The lowest BCUT2D eigenvalue weighted by molar-refractivity contribution is 0.1000. The van der Waals surface area contributed by atoms with Gasteiger partial charge in [0, 0.05) is 30.6 Å². The molecule has 3 N–H and O–H groups in total. The van der Waals surface area contributed by atoms with Crippen molar-refractivity contribution in [2.75, 3.05) is 31.1 Å². The summed E-state index contributed by atoms with van der Waals surface area (Å²) in [6.45, 7) is 3.86. The Kier molecular flexibility index (Phi) is 3.85. The van der Waals surface area contributed by atoms with E-state index in [9.17, 15) is 9.18 Å². The summed E-state index contributed by atoms with van der Waals surface area (Å²) in [6.07, 6.45) is 4.69. The summed E-state index contributed by atoms with van der Waals surface area (Å²) in [4.78, 5) is 13.2. The first-order chi connectivity index (χ1) is 10.1. The zero-order chi connectivity index (χ0) is 14.9. The molecule has 3 rings (SSSR count). The molecule has 21 heavy (non-hydrogen) atoms. The van der Waals surface area contributed by atoms with Crippen LogP contribution in [0.3, 0.4) is 0 Å². The van der Waals surface area contributed by atoms with Gasteiger partial charge in [0.05, 0.1) is 5.69 Å². The lowest BCUT2D eigenvalue weighted by Gasteiger charge is -2.46. The maximum Gasteiger partial charge on any atom is 0.248 e. The SMILES string of the molecule is NC(=O)c1ccc(N2CCCC3(CCCNC3)C2)c(F)c1. The predicted molar refractivity (Wildman–Crippen MR) is 80.9 cm³/mol. The molecule has 2 aliphatic rings. The van der Waals surface area contributed by atoms with E-state index < -0.39 is 5.91 Å². The molecule has 5 heteroatoms. The number of nitrogens with zero attached hydrogens (tertiary/aromatic N) is 1. The molecule has 1 aromatic rings. The van der Waals surface area contributed by atoms with Crippen LogP contribution in [-0.2, 0) is 0 Å². The van der Waals surface area contributed by atoms with Gasteiger partial charge in [0.25, 0.3) is 0 Å². The number of carbonyl (C=O) groups is 1. The average molecular weight is 291 g/mol. The highest BCUT2D eigenvalue weighted by Gasteiger charge is 2.37. The molecule has 1 aromatic carbocycles. The Hall–Kier alpha value is -1.62. The van der Waals surface area contributed by atoms with E-state index in [2.05, 4.69) is 10.2 Å². The van der Waals surface area contributed by atoms with Crippen LogP contribution in [0.5, 0.6) is 0 Å². The number of halogens is 1. The number of benzene rings is 1. The van der Waals surface area contributed by atoms with Gasteiger partial charge in [0.15, 0.2) is 0 Å². The van der Waals surface area contributed by atoms with E-state index in [0.717, 1.165) is 32.6 Å². The van der Waals surface area contributed by atoms with E-state index in [1.807, 2.05) is 0 Å². The summed E-state index contributed by atoms with van der Waals surface area (Å²) < 4.78 is 14.3. The molecular formula is C16H22FN3O. The summed E-state index contributed by atoms with van der Waals surface area (Å²) >= 11 is 0. The first kappa shape index (κ1) is 14.3. The fourth-order valence-electron chi connectivity index (χ4n) is 3.71. The molecular weight excluding hydrogens is 269 g/mol. The minimum atomic E-state index is -0.591. The largest absolute Gasteiger partial charge is 0.369 e. The van der Waals surface area contributed by atoms with Crippen LogP contribution < -0.4 is 16.0 Å². The lowest BCUT2D eigenvalue weighted by atomic mass is 9.74. The van der Waals surface area contributed by atoms with E-state index in [4.69, 9.17) is 5.73 Å². The van der Waals surface area contributed by atoms with Gasteiger partial charge in [-0.25, -0.2) is 4.39 Å². The molecule has 0 radical (unpaired) electrons. The van der Waals surface area contributed by atoms with Crippen molar-refractivity contribution in [2.24, 2.45) is 11.1 Å². The van der Waals surface area contributed by atoms with Crippen LogP contribution in [0.1, 0.15) is 36.0 Å². The van der Waals surface area contributed by atoms with E-state index >= 15 is 0 Å². The maximum atomic E-state index is 14.3. The summed E-state index contributed by atoms with van der Waals surface area (Å²) in [7, 11) is 0. The number of amides is 1. The van der Waals surface area contributed by atoms with Crippen LogP contribution in [0.4, 0.5) is 10.1 Å². The molecule has 1 spiro atoms. The van der Waals surface area contributed by atoms with Crippen LogP contribution >= 0.6 is 0 Å². The predicted octanol–water partition coefficient (Wildman–Crippen LogP) is 1.89. The summed E-state index contributed by atoms with van der Waals surface area (Å²) in [5.41, 5.74) is 6.28. The van der Waals surface area contributed by atoms with Gasteiger partial charge in [-0.1, -0.05) is 0 Å². The Balaban J connectivity index is 1.81. The van der Waals surface area contributed by atoms with Crippen molar-refractivity contribution < 1.29 is 9.18 Å². The van der Waals surface area contributed by atoms with Crippen LogP contribution in [0.25, 0.3) is 0 Å². The highest BCUT2D eigenvalue weighted by molar-refractivity contribution is 5.93. The molecule has 1 atom stereocenters. The Morgan fingerprint density at radius 2 is 2.14 bits per heavy atom. The molecule has 0 bridgehead atoms. The normalized spacial score (nSPS) is 26.0. The second-order valence-electron chi connectivity index (χ2n) is 6.34. The monoisotopic (exact) mass is 291 g/mol. The average Bonchev–Trinajstić information content (AvgIpc) is 2.48. The molecule has 0 aliphatic carbocycles. The minimum Gasteiger partial charge on any atom is -0.369 e. The molecule has 0 saturated carbocycles. The third-order valence-electron chi connectivity index (χ3n) is 4.79. The Morgan fingerprint density at radius 1 is 1.33 bits per heavy atom. The Labute approximate surface area is 124 Å². The lowest BCUT2D eigenvalue weighted by Crippen LogP contribution is -2.51.